The highest BCUT2D eigenvalue weighted by Gasteiger charge is 2.56. The Bertz CT molecular complexity index is 277. The Morgan fingerprint density at radius 2 is 1.58 bits per heavy atom. The summed E-state index contributed by atoms with van der Waals surface area (Å²) in [6, 6.07) is 0. The molecule has 3 nitrogen and oxygen atoms in total. The third kappa shape index (κ3) is 2.45. The summed E-state index contributed by atoms with van der Waals surface area (Å²) in [4.78, 5) is 0. The van der Waals surface area contributed by atoms with Crippen LogP contribution in [0.5, 0.6) is 0 Å². The minimum Gasteiger partial charge on any atom is -0.396 e. The van der Waals surface area contributed by atoms with Crippen LogP contribution in [0.15, 0.2) is 0 Å². The van der Waals surface area contributed by atoms with E-state index in [2.05, 4.69) is 5.32 Å². The molecule has 4 saturated carbocycles. The first-order valence-electron chi connectivity index (χ1n) is 8.34. The standard InChI is InChI=1S/C16H30N2O/c17-11-16(18-4-2-1-3-5-19)14-7-12-6-13(9-14)10-15(16)8-12/h12-15,18-19H,1-11,17H2. The zero-order chi connectivity index (χ0) is 13.3. The highest BCUT2D eigenvalue weighted by molar-refractivity contribution is 5.11. The van der Waals surface area contributed by atoms with Gasteiger partial charge in [-0.25, -0.2) is 0 Å². The maximum Gasteiger partial charge on any atom is 0.0431 e. The lowest BCUT2D eigenvalue weighted by Crippen LogP contribution is -2.68. The van der Waals surface area contributed by atoms with Gasteiger partial charge < -0.3 is 16.2 Å². The highest BCUT2D eigenvalue weighted by Crippen LogP contribution is 2.57. The van der Waals surface area contributed by atoms with E-state index in [0.717, 1.165) is 49.6 Å². The molecule has 3 heteroatoms. The molecule has 0 aromatic rings. The van der Waals surface area contributed by atoms with Crippen LogP contribution >= 0.6 is 0 Å². The SMILES string of the molecule is NCC1(NCCCCCO)C2CC3CC(C2)CC1C3. The van der Waals surface area contributed by atoms with Gasteiger partial charge in [-0.15, -0.1) is 0 Å². The van der Waals surface area contributed by atoms with Crippen molar-refractivity contribution < 1.29 is 5.11 Å². The second-order valence-corrected chi connectivity index (χ2v) is 7.26. The summed E-state index contributed by atoms with van der Waals surface area (Å²) >= 11 is 0. The highest BCUT2D eigenvalue weighted by atomic mass is 16.2. The molecule has 0 saturated heterocycles. The molecule has 0 aromatic heterocycles. The Morgan fingerprint density at radius 1 is 0.947 bits per heavy atom. The molecule has 110 valence electrons. The maximum atomic E-state index is 8.84. The van der Waals surface area contributed by atoms with Crippen LogP contribution in [0.25, 0.3) is 0 Å². The average molecular weight is 266 g/mol. The molecule has 0 aromatic carbocycles. The Hall–Kier alpha value is -0.120. The Morgan fingerprint density at radius 3 is 2.11 bits per heavy atom. The van der Waals surface area contributed by atoms with E-state index in [0.29, 0.717) is 6.61 Å². The van der Waals surface area contributed by atoms with Gasteiger partial charge in [-0.1, -0.05) is 0 Å². The predicted octanol–water partition coefficient (Wildman–Crippen LogP) is 1.89. The number of aliphatic hydroxyl groups is 1. The quantitative estimate of drug-likeness (QED) is 0.617. The molecule has 4 bridgehead atoms. The Labute approximate surface area is 117 Å². The molecule has 4 fully saturated rings. The van der Waals surface area contributed by atoms with Gasteiger partial charge in [0.15, 0.2) is 0 Å². The summed E-state index contributed by atoms with van der Waals surface area (Å²) < 4.78 is 0. The summed E-state index contributed by atoms with van der Waals surface area (Å²) in [5, 5.41) is 12.7. The lowest BCUT2D eigenvalue weighted by atomic mass is 9.48. The van der Waals surface area contributed by atoms with Gasteiger partial charge >= 0.3 is 0 Å². The molecule has 0 unspecified atom stereocenters. The maximum absolute atomic E-state index is 8.84. The van der Waals surface area contributed by atoms with Crippen LogP contribution in [0.3, 0.4) is 0 Å². The van der Waals surface area contributed by atoms with Crippen molar-refractivity contribution in [2.24, 2.45) is 29.4 Å². The zero-order valence-corrected chi connectivity index (χ0v) is 12.1. The predicted molar refractivity (Wildman–Crippen MR) is 77.8 cm³/mol. The fourth-order valence-electron chi connectivity index (χ4n) is 5.45. The van der Waals surface area contributed by atoms with E-state index in [1.165, 1.54) is 38.5 Å². The van der Waals surface area contributed by atoms with Gasteiger partial charge in [0.2, 0.25) is 0 Å². The molecule has 0 aliphatic heterocycles. The molecule has 4 rings (SSSR count). The fraction of sp³-hybridized carbons (Fsp3) is 1.00. The largest absolute Gasteiger partial charge is 0.396 e. The molecule has 4 aliphatic rings. The van der Waals surface area contributed by atoms with E-state index in [-0.39, 0.29) is 5.54 Å². The van der Waals surface area contributed by atoms with Crippen LogP contribution in [-0.4, -0.2) is 30.3 Å². The first-order valence-corrected chi connectivity index (χ1v) is 8.34. The number of hydrogen-bond acceptors (Lipinski definition) is 3. The summed E-state index contributed by atoms with van der Waals surface area (Å²) in [7, 11) is 0. The van der Waals surface area contributed by atoms with Gasteiger partial charge in [0.05, 0.1) is 0 Å². The Kier molecular flexibility index (Phi) is 4.16. The normalized spacial score (nSPS) is 43.9. The van der Waals surface area contributed by atoms with Gasteiger partial charge in [-0.05, 0) is 81.6 Å². The second-order valence-electron chi connectivity index (χ2n) is 7.26. The molecule has 0 radical (unpaired) electrons. The van der Waals surface area contributed by atoms with Crippen LogP contribution < -0.4 is 11.1 Å². The minimum absolute atomic E-state index is 0.257. The summed E-state index contributed by atoms with van der Waals surface area (Å²) in [5.74, 6) is 3.70. The molecule has 0 spiro atoms. The van der Waals surface area contributed by atoms with Gasteiger partial charge in [-0.2, -0.15) is 0 Å². The molecular formula is C16H30N2O. The van der Waals surface area contributed by atoms with Crippen LogP contribution in [0.2, 0.25) is 0 Å². The van der Waals surface area contributed by atoms with Crippen molar-refractivity contribution in [2.75, 3.05) is 19.7 Å². The first-order chi connectivity index (χ1) is 9.28. The molecule has 19 heavy (non-hydrogen) atoms. The molecule has 0 amide bonds. The lowest BCUT2D eigenvalue weighted by molar-refractivity contribution is -0.0691. The number of hydrogen-bond donors (Lipinski definition) is 3. The zero-order valence-electron chi connectivity index (χ0n) is 12.1. The molecule has 4 N–H and O–H groups in total. The minimum atomic E-state index is 0.257. The number of rotatable bonds is 7. The second kappa shape index (κ2) is 5.71. The van der Waals surface area contributed by atoms with E-state index in [1.807, 2.05) is 0 Å². The monoisotopic (exact) mass is 266 g/mol. The molecular weight excluding hydrogens is 236 g/mol. The van der Waals surface area contributed by atoms with Gasteiger partial charge in [0, 0.05) is 18.7 Å². The summed E-state index contributed by atoms with van der Waals surface area (Å²) in [6.07, 6.45) is 10.4. The number of aliphatic hydroxyl groups excluding tert-OH is 1. The van der Waals surface area contributed by atoms with Crippen LogP contribution in [0.1, 0.15) is 51.4 Å². The van der Waals surface area contributed by atoms with Crippen LogP contribution in [0, 0.1) is 23.7 Å². The fourth-order valence-corrected chi connectivity index (χ4v) is 5.45. The third-order valence-corrected chi connectivity index (χ3v) is 6.22. The molecule has 0 atom stereocenters. The van der Waals surface area contributed by atoms with Gasteiger partial charge in [0.25, 0.3) is 0 Å². The van der Waals surface area contributed by atoms with Crippen molar-refractivity contribution >= 4 is 0 Å². The topological polar surface area (TPSA) is 58.3 Å². The third-order valence-electron chi connectivity index (χ3n) is 6.22. The molecule has 0 heterocycles. The smallest absolute Gasteiger partial charge is 0.0431 e. The van der Waals surface area contributed by atoms with Crippen molar-refractivity contribution in [1.82, 2.24) is 5.32 Å². The number of nitrogens with two attached hydrogens (primary N) is 1. The van der Waals surface area contributed by atoms with Crippen molar-refractivity contribution in [2.45, 2.75) is 56.9 Å². The van der Waals surface area contributed by atoms with E-state index < -0.39 is 0 Å². The average Bonchev–Trinajstić information content (AvgIpc) is 2.41. The van der Waals surface area contributed by atoms with E-state index in [4.69, 9.17) is 10.8 Å². The van der Waals surface area contributed by atoms with E-state index >= 15 is 0 Å². The van der Waals surface area contributed by atoms with Gasteiger partial charge in [0.1, 0.15) is 0 Å². The summed E-state index contributed by atoms with van der Waals surface area (Å²) in [5.41, 5.74) is 6.48. The Balaban J connectivity index is 1.59. The molecule has 4 aliphatic carbocycles. The van der Waals surface area contributed by atoms with Crippen molar-refractivity contribution in [3.05, 3.63) is 0 Å². The van der Waals surface area contributed by atoms with Crippen molar-refractivity contribution in [3.8, 4) is 0 Å². The lowest BCUT2D eigenvalue weighted by Gasteiger charge is -2.61. The number of unbranched alkanes of at least 4 members (excludes halogenated alkanes) is 2. The summed E-state index contributed by atoms with van der Waals surface area (Å²) in [6.45, 7) is 2.23. The van der Waals surface area contributed by atoms with Crippen LogP contribution in [0.4, 0.5) is 0 Å². The van der Waals surface area contributed by atoms with Crippen LogP contribution in [-0.2, 0) is 0 Å². The number of nitrogens with one attached hydrogen (secondary N) is 1. The first kappa shape index (κ1) is 13.8. The van der Waals surface area contributed by atoms with E-state index in [9.17, 15) is 0 Å². The van der Waals surface area contributed by atoms with E-state index in [1.54, 1.807) is 0 Å². The van der Waals surface area contributed by atoms with Crippen molar-refractivity contribution in [3.63, 3.8) is 0 Å². The van der Waals surface area contributed by atoms with Crippen molar-refractivity contribution in [1.29, 1.82) is 0 Å². The van der Waals surface area contributed by atoms with Gasteiger partial charge in [-0.3, -0.25) is 0 Å².